The molecule has 1 aromatic carbocycles. The van der Waals surface area contributed by atoms with Crippen LogP contribution in [-0.4, -0.2) is 41.0 Å². The van der Waals surface area contributed by atoms with Gasteiger partial charge in [0, 0.05) is 32.2 Å². The van der Waals surface area contributed by atoms with Gasteiger partial charge in [0.25, 0.3) is 0 Å². The average Bonchev–Trinajstić information content (AvgIpc) is 3.11. The molecule has 23 heavy (non-hydrogen) atoms. The Balaban J connectivity index is 1.48. The first-order valence-corrected chi connectivity index (χ1v) is 8.93. The first-order valence-electron chi connectivity index (χ1n) is 8.05. The summed E-state index contributed by atoms with van der Waals surface area (Å²) < 4.78 is 0. The molecule has 118 valence electrons. The van der Waals surface area contributed by atoms with E-state index < -0.39 is 0 Å². The van der Waals surface area contributed by atoms with E-state index in [1.807, 2.05) is 0 Å². The Labute approximate surface area is 140 Å². The standard InChI is InChI=1S/C18H20N4S/c1-14(15-5-3-2-4-6-15)21-8-10-22(11-9-21)17-16-7-12-23-18(16)20-13-19-17/h2-7,12-14H,8-11H2,1H3. The Morgan fingerprint density at radius 1 is 1.00 bits per heavy atom. The summed E-state index contributed by atoms with van der Waals surface area (Å²) in [5, 5.41) is 3.28. The molecule has 4 rings (SSSR count). The lowest BCUT2D eigenvalue weighted by Gasteiger charge is -2.38. The summed E-state index contributed by atoms with van der Waals surface area (Å²) in [5.41, 5.74) is 1.39. The van der Waals surface area contributed by atoms with Crippen LogP contribution in [0, 0.1) is 0 Å². The average molecular weight is 324 g/mol. The summed E-state index contributed by atoms with van der Waals surface area (Å²) >= 11 is 1.68. The molecule has 0 aliphatic carbocycles. The number of benzene rings is 1. The van der Waals surface area contributed by atoms with Gasteiger partial charge in [0.15, 0.2) is 0 Å². The van der Waals surface area contributed by atoms with Crippen LogP contribution in [0.5, 0.6) is 0 Å². The van der Waals surface area contributed by atoms with Crippen molar-refractivity contribution in [3.63, 3.8) is 0 Å². The molecule has 3 aromatic rings. The van der Waals surface area contributed by atoms with Gasteiger partial charge >= 0.3 is 0 Å². The van der Waals surface area contributed by atoms with Crippen molar-refractivity contribution in [2.45, 2.75) is 13.0 Å². The molecule has 1 aliphatic heterocycles. The van der Waals surface area contributed by atoms with Gasteiger partial charge in [-0.15, -0.1) is 11.3 Å². The summed E-state index contributed by atoms with van der Waals surface area (Å²) in [7, 11) is 0. The van der Waals surface area contributed by atoms with Gasteiger partial charge in [-0.05, 0) is 23.9 Å². The van der Waals surface area contributed by atoms with Gasteiger partial charge in [0.1, 0.15) is 17.0 Å². The zero-order chi connectivity index (χ0) is 15.6. The highest BCUT2D eigenvalue weighted by molar-refractivity contribution is 7.16. The van der Waals surface area contributed by atoms with Crippen LogP contribution in [0.1, 0.15) is 18.5 Å². The van der Waals surface area contributed by atoms with Crippen molar-refractivity contribution < 1.29 is 0 Å². The third-order valence-electron chi connectivity index (χ3n) is 4.68. The molecular weight excluding hydrogens is 304 g/mol. The van der Waals surface area contributed by atoms with Crippen LogP contribution in [0.3, 0.4) is 0 Å². The number of hydrogen-bond acceptors (Lipinski definition) is 5. The smallest absolute Gasteiger partial charge is 0.140 e. The Morgan fingerprint density at radius 2 is 1.78 bits per heavy atom. The lowest BCUT2D eigenvalue weighted by atomic mass is 10.1. The van der Waals surface area contributed by atoms with Crippen molar-refractivity contribution in [2.24, 2.45) is 0 Å². The van der Waals surface area contributed by atoms with E-state index in [1.165, 1.54) is 10.9 Å². The maximum Gasteiger partial charge on any atom is 0.140 e. The monoisotopic (exact) mass is 324 g/mol. The second kappa shape index (κ2) is 6.26. The van der Waals surface area contributed by atoms with Crippen LogP contribution in [0.4, 0.5) is 5.82 Å². The second-order valence-corrected chi connectivity index (χ2v) is 6.84. The Kier molecular flexibility index (Phi) is 3.97. The maximum absolute atomic E-state index is 4.53. The molecule has 1 unspecified atom stereocenters. The summed E-state index contributed by atoms with van der Waals surface area (Å²) in [6.45, 7) is 6.45. The van der Waals surface area contributed by atoms with Crippen LogP contribution < -0.4 is 4.90 Å². The number of anilines is 1. The molecule has 0 spiro atoms. The molecule has 1 atom stereocenters. The van der Waals surface area contributed by atoms with Crippen molar-refractivity contribution in [3.05, 3.63) is 53.7 Å². The minimum atomic E-state index is 0.463. The first-order chi connectivity index (χ1) is 11.3. The molecule has 2 aromatic heterocycles. The number of nitrogens with zero attached hydrogens (tertiary/aromatic N) is 4. The van der Waals surface area contributed by atoms with Gasteiger partial charge in [0.05, 0.1) is 5.39 Å². The lowest BCUT2D eigenvalue weighted by molar-refractivity contribution is 0.198. The molecule has 0 amide bonds. The maximum atomic E-state index is 4.53. The molecule has 0 radical (unpaired) electrons. The predicted molar refractivity (Wildman–Crippen MR) is 96.1 cm³/mol. The summed E-state index contributed by atoms with van der Waals surface area (Å²) in [4.78, 5) is 14.9. The fourth-order valence-corrected chi connectivity index (χ4v) is 4.02. The van der Waals surface area contributed by atoms with Crippen molar-refractivity contribution in [1.29, 1.82) is 0 Å². The van der Waals surface area contributed by atoms with E-state index in [1.54, 1.807) is 17.7 Å². The van der Waals surface area contributed by atoms with E-state index in [0.717, 1.165) is 36.8 Å². The van der Waals surface area contributed by atoms with Gasteiger partial charge in [0.2, 0.25) is 0 Å². The van der Waals surface area contributed by atoms with Crippen molar-refractivity contribution >= 4 is 27.4 Å². The SMILES string of the molecule is CC(c1ccccc1)N1CCN(c2ncnc3sccc23)CC1. The first kappa shape index (κ1) is 14.6. The fraction of sp³-hybridized carbons (Fsp3) is 0.333. The largest absolute Gasteiger partial charge is 0.353 e. The topological polar surface area (TPSA) is 32.3 Å². The Hall–Kier alpha value is -1.98. The van der Waals surface area contributed by atoms with Crippen LogP contribution in [-0.2, 0) is 0 Å². The molecular formula is C18H20N4S. The van der Waals surface area contributed by atoms with Crippen molar-refractivity contribution in [1.82, 2.24) is 14.9 Å². The predicted octanol–water partition coefficient (Wildman–Crippen LogP) is 3.57. The number of hydrogen-bond donors (Lipinski definition) is 0. The number of piperazine rings is 1. The quantitative estimate of drug-likeness (QED) is 0.737. The molecule has 5 heteroatoms. The highest BCUT2D eigenvalue weighted by Crippen LogP contribution is 2.28. The number of thiophene rings is 1. The molecule has 0 saturated carbocycles. The van der Waals surface area contributed by atoms with Crippen molar-refractivity contribution in [2.75, 3.05) is 31.1 Å². The van der Waals surface area contributed by atoms with Gasteiger partial charge < -0.3 is 4.90 Å². The van der Waals surface area contributed by atoms with Crippen LogP contribution in [0.25, 0.3) is 10.2 Å². The third kappa shape index (κ3) is 2.82. The number of rotatable bonds is 3. The molecule has 3 heterocycles. The summed E-state index contributed by atoms with van der Waals surface area (Å²) in [5.74, 6) is 1.09. The molecule has 1 fully saturated rings. The number of fused-ring (bicyclic) bond motifs is 1. The zero-order valence-corrected chi connectivity index (χ0v) is 14.0. The van der Waals surface area contributed by atoms with Crippen LogP contribution in [0.15, 0.2) is 48.1 Å². The normalized spacial score (nSPS) is 17.5. The highest BCUT2D eigenvalue weighted by atomic mass is 32.1. The van der Waals surface area contributed by atoms with Gasteiger partial charge in [-0.2, -0.15) is 0 Å². The fourth-order valence-electron chi connectivity index (χ4n) is 3.29. The van der Waals surface area contributed by atoms with Gasteiger partial charge in [-0.1, -0.05) is 30.3 Å². The molecule has 0 N–H and O–H groups in total. The minimum absolute atomic E-state index is 0.463. The zero-order valence-electron chi connectivity index (χ0n) is 13.2. The summed E-state index contributed by atoms with van der Waals surface area (Å²) in [6, 6.07) is 13.4. The second-order valence-electron chi connectivity index (χ2n) is 5.95. The van der Waals surface area contributed by atoms with E-state index in [4.69, 9.17) is 0 Å². The third-order valence-corrected chi connectivity index (χ3v) is 5.50. The molecule has 1 saturated heterocycles. The molecule has 4 nitrogen and oxygen atoms in total. The Bertz CT molecular complexity index is 778. The van der Waals surface area contributed by atoms with E-state index in [9.17, 15) is 0 Å². The van der Waals surface area contributed by atoms with E-state index in [2.05, 4.69) is 68.5 Å². The van der Waals surface area contributed by atoms with E-state index in [0.29, 0.717) is 6.04 Å². The molecule has 0 bridgehead atoms. The number of aromatic nitrogens is 2. The van der Waals surface area contributed by atoms with Gasteiger partial charge in [-0.3, -0.25) is 4.90 Å². The van der Waals surface area contributed by atoms with E-state index in [-0.39, 0.29) is 0 Å². The Morgan fingerprint density at radius 3 is 2.57 bits per heavy atom. The van der Waals surface area contributed by atoms with Gasteiger partial charge in [-0.25, -0.2) is 9.97 Å². The van der Waals surface area contributed by atoms with Crippen molar-refractivity contribution in [3.8, 4) is 0 Å². The highest BCUT2D eigenvalue weighted by Gasteiger charge is 2.23. The lowest BCUT2D eigenvalue weighted by Crippen LogP contribution is -2.47. The van der Waals surface area contributed by atoms with Crippen LogP contribution in [0.2, 0.25) is 0 Å². The molecule has 1 aliphatic rings. The van der Waals surface area contributed by atoms with E-state index >= 15 is 0 Å². The summed E-state index contributed by atoms with van der Waals surface area (Å²) in [6.07, 6.45) is 1.69. The van der Waals surface area contributed by atoms with Crippen LogP contribution >= 0.6 is 11.3 Å². The minimum Gasteiger partial charge on any atom is -0.353 e.